The first kappa shape index (κ1) is 16.6. The fraction of sp³-hybridized carbons (Fsp3) is 0.600. The lowest BCUT2D eigenvalue weighted by Crippen LogP contribution is -2.46. The minimum absolute atomic E-state index is 0.168. The second-order valence-corrected chi connectivity index (χ2v) is 7.54. The van der Waals surface area contributed by atoms with Crippen molar-refractivity contribution in [2.24, 2.45) is 13.0 Å². The van der Waals surface area contributed by atoms with Gasteiger partial charge in [0.25, 0.3) is 0 Å². The third kappa shape index (κ3) is 3.43. The van der Waals surface area contributed by atoms with Gasteiger partial charge in [0.15, 0.2) is 0 Å². The number of aromatic nitrogens is 2. The maximum atomic E-state index is 12.8. The number of fused-ring (bicyclic) bond motifs is 1. The smallest absolute Gasteiger partial charge is 0.226 e. The van der Waals surface area contributed by atoms with Gasteiger partial charge in [0.1, 0.15) is 5.82 Å². The maximum absolute atomic E-state index is 12.8. The summed E-state index contributed by atoms with van der Waals surface area (Å²) in [5, 5.41) is 0. The van der Waals surface area contributed by atoms with Gasteiger partial charge in [0.05, 0.1) is 23.5 Å². The van der Waals surface area contributed by atoms with Crippen LogP contribution in [0.1, 0.15) is 37.9 Å². The van der Waals surface area contributed by atoms with Gasteiger partial charge in [-0.15, -0.1) is 0 Å². The number of imidazole rings is 1. The van der Waals surface area contributed by atoms with Crippen LogP contribution in [-0.4, -0.2) is 51.4 Å². The molecule has 5 nitrogen and oxygen atoms in total. The summed E-state index contributed by atoms with van der Waals surface area (Å²) in [5.41, 5.74) is 2.23. The standard InChI is InChI=1S/C20H28N4O/c1-22-18-10-4-3-9-17(18)21-19(22)15-23-11-7-8-16(14-23)20(25)24-12-5-2-6-13-24/h3-4,9-10,16H,2,5-8,11-15H2,1H3/t16-/m0/s1. The van der Waals surface area contributed by atoms with Crippen LogP contribution in [0.2, 0.25) is 0 Å². The molecule has 1 amide bonds. The first-order chi connectivity index (χ1) is 12.2. The zero-order valence-electron chi connectivity index (χ0n) is 15.2. The Morgan fingerprint density at radius 2 is 1.92 bits per heavy atom. The van der Waals surface area contributed by atoms with E-state index in [1.807, 2.05) is 6.07 Å². The van der Waals surface area contributed by atoms with Gasteiger partial charge in [0, 0.05) is 26.7 Å². The Balaban J connectivity index is 1.43. The number of carbonyl (C=O) groups excluding carboxylic acids is 1. The molecule has 134 valence electrons. The third-order valence-electron chi connectivity index (χ3n) is 5.77. The topological polar surface area (TPSA) is 41.4 Å². The van der Waals surface area contributed by atoms with Crippen molar-refractivity contribution >= 4 is 16.9 Å². The van der Waals surface area contributed by atoms with Crippen molar-refractivity contribution in [3.63, 3.8) is 0 Å². The predicted molar refractivity (Wildman–Crippen MR) is 99.1 cm³/mol. The summed E-state index contributed by atoms with van der Waals surface area (Å²) in [6.07, 6.45) is 5.75. The molecular formula is C20H28N4O. The number of nitrogens with zero attached hydrogens (tertiary/aromatic N) is 4. The van der Waals surface area contributed by atoms with Crippen molar-refractivity contribution in [3.05, 3.63) is 30.1 Å². The van der Waals surface area contributed by atoms with Crippen molar-refractivity contribution in [1.29, 1.82) is 0 Å². The number of para-hydroxylation sites is 2. The van der Waals surface area contributed by atoms with Gasteiger partial charge in [-0.25, -0.2) is 4.98 Å². The number of aryl methyl sites for hydroxylation is 1. The Morgan fingerprint density at radius 3 is 2.72 bits per heavy atom. The maximum Gasteiger partial charge on any atom is 0.226 e. The molecule has 2 aromatic rings. The monoisotopic (exact) mass is 340 g/mol. The lowest BCUT2D eigenvalue weighted by Gasteiger charge is -2.36. The van der Waals surface area contributed by atoms with E-state index in [9.17, 15) is 4.79 Å². The molecule has 0 bridgehead atoms. The Labute approximate surface area is 149 Å². The van der Waals surface area contributed by atoms with Crippen molar-refractivity contribution in [2.45, 2.75) is 38.6 Å². The van der Waals surface area contributed by atoms with Crippen LogP contribution in [0.25, 0.3) is 11.0 Å². The summed E-state index contributed by atoms with van der Waals surface area (Å²) in [5.74, 6) is 1.64. The van der Waals surface area contributed by atoms with Gasteiger partial charge in [0.2, 0.25) is 5.91 Å². The summed E-state index contributed by atoms with van der Waals surface area (Å²) in [6.45, 7) is 4.68. The number of likely N-dealkylation sites (tertiary alicyclic amines) is 2. The SMILES string of the molecule is Cn1c(CN2CCC[C@H](C(=O)N3CCCCC3)C2)nc2ccccc21. The molecule has 0 aliphatic carbocycles. The van der Waals surface area contributed by atoms with Gasteiger partial charge in [-0.3, -0.25) is 9.69 Å². The minimum Gasteiger partial charge on any atom is -0.342 e. The van der Waals surface area contributed by atoms with Crippen LogP contribution >= 0.6 is 0 Å². The van der Waals surface area contributed by atoms with E-state index in [4.69, 9.17) is 4.98 Å². The van der Waals surface area contributed by atoms with E-state index in [1.165, 1.54) is 24.8 Å². The number of amides is 1. The second-order valence-electron chi connectivity index (χ2n) is 7.54. The zero-order chi connectivity index (χ0) is 17.2. The fourth-order valence-corrected chi connectivity index (χ4v) is 4.31. The number of carbonyl (C=O) groups is 1. The van der Waals surface area contributed by atoms with E-state index in [2.05, 4.69) is 39.6 Å². The van der Waals surface area contributed by atoms with Crippen LogP contribution in [0.4, 0.5) is 0 Å². The first-order valence-electron chi connectivity index (χ1n) is 9.64. The predicted octanol–water partition coefficient (Wildman–Crippen LogP) is 2.80. The van der Waals surface area contributed by atoms with Crippen molar-refractivity contribution in [3.8, 4) is 0 Å². The van der Waals surface area contributed by atoms with Crippen LogP contribution in [-0.2, 0) is 18.4 Å². The molecule has 0 N–H and O–H groups in total. The van der Waals surface area contributed by atoms with E-state index in [0.29, 0.717) is 5.91 Å². The Hall–Kier alpha value is -1.88. The molecule has 2 aliphatic rings. The van der Waals surface area contributed by atoms with E-state index >= 15 is 0 Å². The minimum atomic E-state index is 0.168. The summed E-state index contributed by atoms with van der Waals surface area (Å²) >= 11 is 0. The molecule has 4 rings (SSSR count). The van der Waals surface area contributed by atoms with Crippen LogP contribution < -0.4 is 0 Å². The lowest BCUT2D eigenvalue weighted by molar-refractivity contribution is -0.138. The molecule has 2 saturated heterocycles. The van der Waals surface area contributed by atoms with Gasteiger partial charge >= 0.3 is 0 Å². The highest BCUT2D eigenvalue weighted by Crippen LogP contribution is 2.23. The highest BCUT2D eigenvalue weighted by Gasteiger charge is 2.30. The van der Waals surface area contributed by atoms with Crippen LogP contribution in [0.5, 0.6) is 0 Å². The molecule has 1 atom stereocenters. The Kier molecular flexibility index (Phi) is 4.75. The number of hydrogen-bond acceptors (Lipinski definition) is 3. The van der Waals surface area contributed by atoms with E-state index in [-0.39, 0.29) is 5.92 Å². The highest BCUT2D eigenvalue weighted by molar-refractivity contribution is 5.79. The molecule has 3 heterocycles. The molecule has 0 unspecified atom stereocenters. The van der Waals surface area contributed by atoms with E-state index in [0.717, 1.165) is 56.9 Å². The average Bonchev–Trinajstić information content (AvgIpc) is 2.98. The highest BCUT2D eigenvalue weighted by atomic mass is 16.2. The normalized spacial score (nSPS) is 22.4. The summed E-state index contributed by atoms with van der Waals surface area (Å²) in [4.78, 5) is 22.1. The molecule has 1 aromatic heterocycles. The van der Waals surface area contributed by atoms with Crippen LogP contribution in [0, 0.1) is 5.92 Å². The van der Waals surface area contributed by atoms with Gasteiger partial charge in [-0.05, 0) is 50.8 Å². The van der Waals surface area contributed by atoms with E-state index in [1.54, 1.807) is 0 Å². The average molecular weight is 340 g/mol. The molecule has 25 heavy (non-hydrogen) atoms. The number of hydrogen-bond donors (Lipinski definition) is 0. The third-order valence-corrected chi connectivity index (χ3v) is 5.77. The number of piperidine rings is 2. The number of rotatable bonds is 3. The molecule has 0 radical (unpaired) electrons. The van der Waals surface area contributed by atoms with Crippen LogP contribution in [0.3, 0.4) is 0 Å². The fourth-order valence-electron chi connectivity index (χ4n) is 4.31. The van der Waals surface area contributed by atoms with Crippen molar-refractivity contribution in [1.82, 2.24) is 19.4 Å². The molecule has 5 heteroatoms. The zero-order valence-corrected chi connectivity index (χ0v) is 15.2. The lowest BCUT2D eigenvalue weighted by atomic mass is 9.95. The van der Waals surface area contributed by atoms with Gasteiger partial charge in [-0.1, -0.05) is 12.1 Å². The second kappa shape index (κ2) is 7.16. The molecular weight excluding hydrogens is 312 g/mol. The Morgan fingerprint density at radius 1 is 1.12 bits per heavy atom. The van der Waals surface area contributed by atoms with E-state index < -0.39 is 0 Å². The summed E-state index contributed by atoms with van der Waals surface area (Å²) in [6, 6.07) is 8.28. The quantitative estimate of drug-likeness (QED) is 0.863. The molecule has 0 saturated carbocycles. The van der Waals surface area contributed by atoms with Crippen LogP contribution in [0.15, 0.2) is 24.3 Å². The van der Waals surface area contributed by atoms with Gasteiger partial charge < -0.3 is 9.47 Å². The molecule has 0 spiro atoms. The van der Waals surface area contributed by atoms with Crippen molar-refractivity contribution in [2.75, 3.05) is 26.2 Å². The molecule has 2 aliphatic heterocycles. The summed E-state index contributed by atoms with van der Waals surface area (Å²) < 4.78 is 2.19. The largest absolute Gasteiger partial charge is 0.342 e. The Bertz CT molecular complexity index is 747. The number of benzene rings is 1. The first-order valence-corrected chi connectivity index (χ1v) is 9.64. The summed E-state index contributed by atoms with van der Waals surface area (Å²) in [7, 11) is 2.09. The van der Waals surface area contributed by atoms with Crippen molar-refractivity contribution < 1.29 is 4.79 Å². The molecule has 1 aromatic carbocycles. The molecule has 2 fully saturated rings. The van der Waals surface area contributed by atoms with Gasteiger partial charge in [-0.2, -0.15) is 0 Å².